The maximum absolute atomic E-state index is 14.0. The summed E-state index contributed by atoms with van der Waals surface area (Å²) in [6, 6.07) is 14.2. The summed E-state index contributed by atoms with van der Waals surface area (Å²) in [5.74, 6) is 0.381. The van der Waals surface area contributed by atoms with Crippen molar-refractivity contribution in [3.8, 4) is 17.2 Å². The van der Waals surface area contributed by atoms with Crippen molar-refractivity contribution in [3.63, 3.8) is 0 Å². The molecule has 1 aliphatic rings. The fraction of sp³-hybridized carbons (Fsp3) is 0.207. The second-order valence-corrected chi connectivity index (χ2v) is 10.0. The Morgan fingerprint density at radius 3 is 2.61 bits per heavy atom. The van der Waals surface area contributed by atoms with Gasteiger partial charge in [0.15, 0.2) is 16.3 Å². The van der Waals surface area contributed by atoms with Gasteiger partial charge in [-0.3, -0.25) is 19.5 Å². The van der Waals surface area contributed by atoms with E-state index in [0.29, 0.717) is 43.5 Å². The van der Waals surface area contributed by atoms with Crippen molar-refractivity contribution < 1.29 is 23.9 Å². The number of nitrogens with zero attached hydrogens (tertiary/aromatic N) is 4. The lowest BCUT2D eigenvalue weighted by atomic mass is 9.95. The normalized spacial score (nSPS) is 14.8. The summed E-state index contributed by atoms with van der Waals surface area (Å²) in [6.07, 6.45) is 3.47. The zero-order valence-electron chi connectivity index (χ0n) is 22.7. The van der Waals surface area contributed by atoms with Crippen LogP contribution >= 0.6 is 11.3 Å². The predicted octanol–water partition coefficient (Wildman–Crippen LogP) is 3.51. The smallest absolute Gasteiger partial charge is 0.338 e. The van der Waals surface area contributed by atoms with Crippen molar-refractivity contribution >= 4 is 29.1 Å². The van der Waals surface area contributed by atoms with E-state index in [9.17, 15) is 19.7 Å². The largest absolute Gasteiger partial charge is 0.493 e. The van der Waals surface area contributed by atoms with Gasteiger partial charge >= 0.3 is 5.97 Å². The van der Waals surface area contributed by atoms with E-state index in [1.165, 1.54) is 42.3 Å². The molecule has 0 saturated heterocycles. The van der Waals surface area contributed by atoms with Crippen molar-refractivity contribution in [2.45, 2.75) is 19.9 Å². The molecule has 0 bridgehead atoms. The van der Waals surface area contributed by atoms with Gasteiger partial charge in [0.1, 0.15) is 0 Å². The van der Waals surface area contributed by atoms with E-state index in [0.717, 1.165) is 0 Å². The average Bonchev–Trinajstić information content (AvgIpc) is 3.56. The summed E-state index contributed by atoms with van der Waals surface area (Å²) < 4.78 is 19.8. The van der Waals surface area contributed by atoms with Crippen LogP contribution in [0.25, 0.3) is 11.8 Å². The molecule has 3 heterocycles. The van der Waals surface area contributed by atoms with E-state index < -0.39 is 16.9 Å². The third-order valence-corrected chi connectivity index (χ3v) is 7.60. The van der Waals surface area contributed by atoms with Gasteiger partial charge < -0.3 is 18.8 Å². The minimum absolute atomic E-state index is 0.0431. The van der Waals surface area contributed by atoms with Crippen LogP contribution in [0.15, 0.2) is 81.9 Å². The molecule has 1 unspecified atom stereocenters. The van der Waals surface area contributed by atoms with E-state index in [1.807, 2.05) is 0 Å². The molecule has 0 aliphatic carbocycles. The molecule has 0 spiro atoms. The Morgan fingerprint density at radius 2 is 1.90 bits per heavy atom. The third kappa shape index (κ3) is 5.05. The van der Waals surface area contributed by atoms with E-state index >= 15 is 0 Å². The van der Waals surface area contributed by atoms with Gasteiger partial charge in [-0.1, -0.05) is 23.5 Å². The number of aromatic nitrogens is 2. The van der Waals surface area contributed by atoms with Gasteiger partial charge in [0.05, 0.1) is 53.3 Å². The molecule has 210 valence electrons. The molecule has 0 amide bonds. The SMILES string of the molecule is CCOC(=O)C1=C(C)N=c2s/c(=C\c3cccn3-c3cccc([N+](=O)[O-])c3)c(=O)n2C1c1ccc(OC)c(OC)c1. The minimum atomic E-state index is -0.823. The second kappa shape index (κ2) is 11.3. The zero-order chi connectivity index (χ0) is 29.3. The van der Waals surface area contributed by atoms with E-state index in [-0.39, 0.29) is 23.4 Å². The molecule has 11 nitrogen and oxygen atoms in total. The number of fused-ring (bicyclic) bond motifs is 1. The highest BCUT2D eigenvalue weighted by molar-refractivity contribution is 7.07. The van der Waals surface area contributed by atoms with Gasteiger partial charge in [0.2, 0.25) is 0 Å². The average molecular weight is 575 g/mol. The van der Waals surface area contributed by atoms with Crippen molar-refractivity contribution in [2.24, 2.45) is 4.99 Å². The summed E-state index contributed by atoms with van der Waals surface area (Å²) in [5, 5.41) is 11.3. The lowest BCUT2D eigenvalue weighted by Gasteiger charge is -2.25. The molecular formula is C29H26N4O7S. The maximum atomic E-state index is 14.0. The molecule has 0 N–H and O–H groups in total. The number of ether oxygens (including phenoxy) is 3. The molecule has 5 rings (SSSR count). The Labute approximate surface area is 238 Å². The number of hydrogen-bond donors (Lipinski definition) is 0. The molecule has 2 aromatic carbocycles. The van der Waals surface area contributed by atoms with Crippen molar-refractivity contribution in [1.29, 1.82) is 0 Å². The molecule has 0 saturated carbocycles. The van der Waals surface area contributed by atoms with Crippen LogP contribution in [0.1, 0.15) is 31.1 Å². The number of rotatable bonds is 8. The van der Waals surface area contributed by atoms with Gasteiger partial charge in [-0.05, 0) is 55.8 Å². The summed E-state index contributed by atoms with van der Waals surface area (Å²) in [6.45, 7) is 3.59. The lowest BCUT2D eigenvalue weighted by Crippen LogP contribution is -2.40. The summed E-state index contributed by atoms with van der Waals surface area (Å²) in [5.41, 5.74) is 2.13. The van der Waals surface area contributed by atoms with Crippen LogP contribution in [-0.2, 0) is 9.53 Å². The van der Waals surface area contributed by atoms with Gasteiger partial charge in [0, 0.05) is 24.0 Å². The van der Waals surface area contributed by atoms with Crippen LogP contribution in [0.3, 0.4) is 0 Å². The Balaban J connectivity index is 1.70. The van der Waals surface area contributed by atoms with Crippen LogP contribution in [0.4, 0.5) is 5.69 Å². The van der Waals surface area contributed by atoms with Gasteiger partial charge in [-0.25, -0.2) is 9.79 Å². The molecule has 0 fully saturated rings. The fourth-order valence-electron chi connectivity index (χ4n) is 4.77. The molecule has 41 heavy (non-hydrogen) atoms. The Hall–Kier alpha value is -4.97. The van der Waals surface area contributed by atoms with Crippen LogP contribution in [0, 0.1) is 10.1 Å². The Morgan fingerprint density at radius 1 is 1.12 bits per heavy atom. The number of hydrogen-bond acceptors (Lipinski definition) is 9. The molecule has 1 aliphatic heterocycles. The highest BCUT2D eigenvalue weighted by atomic mass is 32.1. The Kier molecular flexibility index (Phi) is 7.58. The molecule has 1 atom stereocenters. The highest BCUT2D eigenvalue weighted by Crippen LogP contribution is 2.36. The summed E-state index contributed by atoms with van der Waals surface area (Å²) in [4.78, 5) is 43.0. The quantitative estimate of drug-likeness (QED) is 0.179. The van der Waals surface area contributed by atoms with Crippen molar-refractivity contribution in [2.75, 3.05) is 20.8 Å². The Bertz CT molecular complexity index is 1880. The first-order valence-corrected chi connectivity index (χ1v) is 13.4. The summed E-state index contributed by atoms with van der Waals surface area (Å²) in [7, 11) is 3.04. The topological polar surface area (TPSA) is 127 Å². The van der Waals surface area contributed by atoms with Crippen LogP contribution in [-0.4, -0.2) is 40.9 Å². The van der Waals surface area contributed by atoms with E-state index in [4.69, 9.17) is 14.2 Å². The fourth-order valence-corrected chi connectivity index (χ4v) is 5.80. The van der Waals surface area contributed by atoms with Crippen LogP contribution in [0.5, 0.6) is 11.5 Å². The van der Waals surface area contributed by atoms with Crippen molar-refractivity contribution in [1.82, 2.24) is 9.13 Å². The van der Waals surface area contributed by atoms with E-state index in [1.54, 1.807) is 73.2 Å². The maximum Gasteiger partial charge on any atom is 0.338 e. The molecule has 12 heteroatoms. The molecular weight excluding hydrogens is 548 g/mol. The standard InChI is InChI=1S/C29H26N4O7S/c1-5-40-28(35)25-17(2)30-29-32(26(25)18-11-12-22(38-3)23(14-18)39-4)27(34)24(41-29)16-20-10-7-13-31(20)19-8-6-9-21(15-19)33(36)37/h6-16,26H,5H2,1-4H3/b24-16-. The first kappa shape index (κ1) is 27.6. The first-order chi connectivity index (χ1) is 19.8. The number of carbonyl (C=O) groups is 1. The van der Waals surface area contributed by atoms with Crippen LogP contribution in [0.2, 0.25) is 0 Å². The van der Waals surface area contributed by atoms with Gasteiger partial charge in [-0.2, -0.15) is 0 Å². The second-order valence-electron chi connectivity index (χ2n) is 9.00. The monoisotopic (exact) mass is 574 g/mol. The summed E-state index contributed by atoms with van der Waals surface area (Å²) >= 11 is 1.18. The first-order valence-electron chi connectivity index (χ1n) is 12.6. The number of methoxy groups -OCH3 is 2. The molecule has 0 radical (unpaired) electrons. The zero-order valence-corrected chi connectivity index (χ0v) is 23.5. The van der Waals surface area contributed by atoms with Gasteiger partial charge in [0.25, 0.3) is 11.2 Å². The number of nitro benzene ring substituents is 1. The third-order valence-electron chi connectivity index (χ3n) is 6.62. The number of nitro groups is 1. The van der Waals surface area contributed by atoms with E-state index in [2.05, 4.69) is 4.99 Å². The number of allylic oxidation sites excluding steroid dienone is 1. The number of esters is 1. The van der Waals surface area contributed by atoms with Gasteiger partial charge in [-0.15, -0.1) is 0 Å². The van der Waals surface area contributed by atoms with Crippen molar-refractivity contribution in [3.05, 3.63) is 113 Å². The predicted molar refractivity (Wildman–Crippen MR) is 152 cm³/mol. The highest BCUT2D eigenvalue weighted by Gasteiger charge is 2.34. The minimum Gasteiger partial charge on any atom is -0.493 e. The number of non-ortho nitro benzene ring substituents is 1. The molecule has 2 aromatic heterocycles. The molecule has 4 aromatic rings. The van der Waals surface area contributed by atoms with Crippen LogP contribution < -0.4 is 24.4 Å². The number of carbonyl (C=O) groups excluding carboxylic acids is 1. The number of benzene rings is 2. The lowest BCUT2D eigenvalue weighted by molar-refractivity contribution is -0.384. The number of thiazole rings is 1.